The van der Waals surface area contributed by atoms with Crippen molar-refractivity contribution < 1.29 is 9.59 Å². The average Bonchev–Trinajstić information content (AvgIpc) is 3.37. The normalized spacial score (nSPS) is 20.4. The molecule has 0 bridgehead atoms. The summed E-state index contributed by atoms with van der Waals surface area (Å²) in [5.74, 6) is 0.502. The number of likely N-dealkylation sites (tertiary alicyclic amines) is 1. The van der Waals surface area contributed by atoms with Gasteiger partial charge in [0.05, 0.1) is 6.20 Å². The van der Waals surface area contributed by atoms with Gasteiger partial charge in [-0.25, -0.2) is 0 Å². The predicted octanol–water partition coefficient (Wildman–Crippen LogP) is 2.69. The van der Waals surface area contributed by atoms with Crippen LogP contribution < -0.4 is 5.32 Å². The summed E-state index contributed by atoms with van der Waals surface area (Å²) in [6.45, 7) is 3.04. The molecule has 1 aromatic heterocycles. The van der Waals surface area contributed by atoms with E-state index in [0.717, 1.165) is 36.3 Å². The van der Waals surface area contributed by atoms with Crippen molar-refractivity contribution in [3.63, 3.8) is 0 Å². The lowest BCUT2D eigenvalue weighted by Crippen LogP contribution is -2.34. The van der Waals surface area contributed by atoms with Crippen molar-refractivity contribution in [3.05, 3.63) is 30.5 Å². The van der Waals surface area contributed by atoms with Crippen LogP contribution in [0.1, 0.15) is 39.0 Å². The van der Waals surface area contributed by atoms with Crippen LogP contribution in [0.3, 0.4) is 0 Å². The maximum absolute atomic E-state index is 12.3. The van der Waals surface area contributed by atoms with Crippen LogP contribution in [-0.4, -0.2) is 44.3 Å². The van der Waals surface area contributed by atoms with Crippen molar-refractivity contribution in [2.75, 3.05) is 11.9 Å². The van der Waals surface area contributed by atoms with Crippen LogP contribution in [0, 0.1) is 5.92 Å². The molecule has 7 nitrogen and oxygen atoms in total. The van der Waals surface area contributed by atoms with Gasteiger partial charge in [-0.2, -0.15) is 0 Å². The standard InChI is InChI=1S/C20H25N5O2/c1-14(26)21-17-8-6-16(7-9-17)19-13-24(23-22-19)11-15-10-20(27)25(12-15)18-4-2-3-5-18/h6-9,13,15,18H,2-5,10-12H2,1H3,(H,21,26)/t15-/m1/s1. The molecule has 2 amide bonds. The van der Waals surface area contributed by atoms with E-state index in [4.69, 9.17) is 0 Å². The molecule has 7 heteroatoms. The number of nitrogens with one attached hydrogen (secondary N) is 1. The third kappa shape index (κ3) is 4.02. The first-order valence-electron chi connectivity index (χ1n) is 9.66. The molecule has 2 heterocycles. The van der Waals surface area contributed by atoms with E-state index >= 15 is 0 Å². The van der Waals surface area contributed by atoms with E-state index in [2.05, 4.69) is 20.5 Å². The van der Waals surface area contributed by atoms with Gasteiger partial charge < -0.3 is 10.2 Å². The van der Waals surface area contributed by atoms with Gasteiger partial charge in [-0.3, -0.25) is 14.3 Å². The van der Waals surface area contributed by atoms with E-state index in [1.807, 2.05) is 35.1 Å². The highest BCUT2D eigenvalue weighted by Gasteiger charge is 2.35. The SMILES string of the molecule is CC(=O)Nc1ccc(-c2cn(C[C@H]3CC(=O)N(C4CCCC4)C3)nn2)cc1. The fourth-order valence-electron chi connectivity index (χ4n) is 4.21. The quantitative estimate of drug-likeness (QED) is 0.881. The molecule has 4 rings (SSSR count). The maximum atomic E-state index is 12.3. The van der Waals surface area contributed by atoms with E-state index in [0.29, 0.717) is 30.8 Å². The molecule has 2 aromatic rings. The fourth-order valence-corrected chi connectivity index (χ4v) is 4.21. The van der Waals surface area contributed by atoms with Crippen molar-refractivity contribution in [2.24, 2.45) is 5.92 Å². The topological polar surface area (TPSA) is 80.1 Å². The largest absolute Gasteiger partial charge is 0.339 e. The first-order valence-corrected chi connectivity index (χ1v) is 9.66. The van der Waals surface area contributed by atoms with Crippen molar-refractivity contribution in [1.82, 2.24) is 19.9 Å². The molecule has 1 saturated carbocycles. The lowest BCUT2D eigenvalue weighted by molar-refractivity contribution is -0.129. The number of benzene rings is 1. The second kappa shape index (κ2) is 7.50. The molecular weight excluding hydrogens is 342 g/mol. The van der Waals surface area contributed by atoms with Crippen molar-refractivity contribution in [2.45, 2.75) is 51.6 Å². The highest BCUT2D eigenvalue weighted by molar-refractivity contribution is 5.88. The number of carbonyl (C=O) groups excluding carboxylic acids is 2. The summed E-state index contributed by atoms with van der Waals surface area (Å²) in [6, 6.07) is 7.99. The Hall–Kier alpha value is -2.70. The Kier molecular flexibility index (Phi) is 4.92. The average molecular weight is 367 g/mol. The van der Waals surface area contributed by atoms with Crippen LogP contribution in [0.25, 0.3) is 11.3 Å². The monoisotopic (exact) mass is 367 g/mol. The summed E-state index contributed by atoms with van der Waals surface area (Å²) in [5, 5.41) is 11.3. The number of amides is 2. The third-order valence-electron chi connectivity index (χ3n) is 5.49. The van der Waals surface area contributed by atoms with E-state index in [1.165, 1.54) is 19.8 Å². The lowest BCUT2D eigenvalue weighted by atomic mass is 10.1. The molecule has 2 aliphatic rings. The van der Waals surface area contributed by atoms with Gasteiger partial charge in [-0.15, -0.1) is 5.10 Å². The fraction of sp³-hybridized carbons (Fsp3) is 0.500. The van der Waals surface area contributed by atoms with Crippen LogP contribution in [0.15, 0.2) is 30.5 Å². The van der Waals surface area contributed by atoms with Gasteiger partial charge in [0, 0.05) is 49.6 Å². The summed E-state index contributed by atoms with van der Waals surface area (Å²) in [5.41, 5.74) is 2.50. The molecule has 0 radical (unpaired) electrons. The van der Waals surface area contributed by atoms with Gasteiger partial charge in [0.1, 0.15) is 5.69 Å². The first-order chi connectivity index (χ1) is 13.1. The summed E-state index contributed by atoms with van der Waals surface area (Å²) in [4.78, 5) is 25.5. The number of anilines is 1. The second-order valence-corrected chi connectivity index (χ2v) is 7.64. The summed E-state index contributed by atoms with van der Waals surface area (Å²) in [7, 11) is 0. The van der Waals surface area contributed by atoms with Crippen molar-refractivity contribution in [1.29, 1.82) is 0 Å². The molecule has 1 aromatic carbocycles. The Morgan fingerprint density at radius 3 is 2.67 bits per heavy atom. The maximum Gasteiger partial charge on any atom is 0.223 e. The zero-order valence-corrected chi connectivity index (χ0v) is 15.6. The van der Waals surface area contributed by atoms with Crippen molar-refractivity contribution >= 4 is 17.5 Å². The van der Waals surface area contributed by atoms with Crippen LogP contribution >= 0.6 is 0 Å². The number of hydrogen-bond donors (Lipinski definition) is 1. The van der Waals surface area contributed by atoms with Gasteiger partial charge in [0.15, 0.2) is 0 Å². The smallest absolute Gasteiger partial charge is 0.223 e. The van der Waals surface area contributed by atoms with E-state index in [1.54, 1.807) is 0 Å². The Balaban J connectivity index is 1.38. The molecule has 1 aliphatic carbocycles. The number of nitrogens with zero attached hydrogens (tertiary/aromatic N) is 4. The van der Waals surface area contributed by atoms with E-state index in [-0.39, 0.29) is 5.91 Å². The Morgan fingerprint density at radius 1 is 1.22 bits per heavy atom. The molecule has 27 heavy (non-hydrogen) atoms. The van der Waals surface area contributed by atoms with Crippen molar-refractivity contribution in [3.8, 4) is 11.3 Å². The first kappa shape index (κ1) is 17.7. The van der Waals surface area contributed by atoms with Gasteiger partial charge in [-0.05, 0) is 25.0 Å². The number of carbonyl (C=O) groups is 2. The zero-order chi connectivity index (χ0) is 18.8. The van der Waals surface area contributed by atoms with Gasteiger partial charge >= 0.3 is 0 Å². The molecule has 1 N–H and O–H groups in total. The van der Waals surface area contributed by atoms with Crippen LogP contribution in [0.2, 0.25) is 0 Å². The lowest BCUT2D eigenvalue weighted by Gasteiger charge is -2.24. The Labute approximate surface area is 158 Å². The van der Waals surface area contributed by atoms with Crippen LogP contribution in [0.4, 0.5) is 5.69 Å². The molecule has 1 saturated heterocycles. The Morgan fingerprint density at radius 2 is 1.96 bits per heavy atom. The second-order valence-electron chi connectivity index (χ2n) is 7.64. The van der Waals surface area contributed by atoms with Gasteiger partial charge in [-0.1, -0.05) is 30.2 Å². The highest BCUT2D eigenvalue weighted by Crippen LogP contribution is 2.30. The molecule has 1 atom stereocenters. The number of aromatic nitrogens is 3. The molecule has 2 fully saturated rings. The zero-order valence-electron chi connectivity index (χ0n) is 15.6. The predicted molar refractivity (Wildman–Crippen MR) is 102 cm³/mol. The summed E-state index contributed by atoms with van der Waals surface area (Å²) < 4.78 is 1.84. The third-order valence-corrected chi connectivity index (χ3v) is 5.49. The minimum absolute atomic E-state index is 0.0912. The molecular formula is C20H25N5O2. The van der Waals surface area contributed by atoms with Gasteiger partial charge in [0.25, 0.3) is 0 Å². The Bertz CT molecular complexity index is 823. The molecule has 0 spiro atoms. The van der Waals surface area contributed by atoms with E-state index in [9.17, 15) is 9.59 Å². The number of hydrogen-bond acceptors (Lipinski definition) is 4. The molecule has 142 valence electrons. The minimum atomic E-state index is -0.0912. The number of rotatable bonds is 5. The van der Waals surface area contributed by atoms with Gasteiger partial charge in [0.2, 0.25) is 11.8 Å². The van der Waals surface area contributed by atoms with E-state index < -0.39 is 0 Å². The highest BCUT2D eigenvalue weighted by atomic mass is 16.2. The summed E-state index contributed by atoms with van der Waals surface area (Å²) in [6.07, 6.45) is 7.33. The van der Waals surface area contributed by atoms with Crippen LogP contribution in [-0.2, 0) is 16.1 Å². The van der Waals surface area contributed by atoms with Crippen LogP contribution in [0.5, 0.6) is 0 Å². The minimum Gasteiger partial charge on any atom is -0.339 e. The molecule has 1 aliphatic heterocycles. The summed E-state index contributed by atoms with van der Waals surface area (Å²) >= 11 is 0. The molecule has 0 unspecified atom stereocenters.